The zero-order chi connectivity index (χ0) is 20.8. The Labute approximate surface area is 174 Å². The number of aromatic nitrogens is 3. The Bertz CT molecular complexity index is 1040. The summed E-state index contributed by atoms with van der Waals surface area (Å²) in [5.74, 6) is 1.23. The molecule has 2 N–H and O–H groups in total. The highest BCUT2D eigenvalue weighted by atomic mass is 16.2. The average Bonchev–Trinajstić information content (AvgIpc) is 3.44. The van der Waals surface area contributed by atoms with Crippen LogP contribution < -0.4 is 10.7 Å². The molecule has 3 aliphatic heterocycles. The molecule has 9 nitrogen and oxygen atoms in total. The maximum atomic E-state index is 12.9. The normalized spacial score (nSPS) is 23.1. The number of likely N-dealkylation sites (N-methyl/N-ethyl adjacent to an activating group) is 1. The molecular formula is C21H25N7O2. The number of carbonyl (C=O) groups is 2. The fraction of sp³-hybridized carbons (Fsp3) is 0.429. The van der Waals surface area contributed by atoms with Gasteiger partial charge in [-0.15, -0.1) is 5.10 Å². The van der Waals surface area contributed by atoms with E-state index in [-0.39, 0.29) is 17.8 Å². The molecule has 2 amide bonds. The van der Waals surface area contributed by atoms with Crippen molar-refractivity contribution in [2.75, 3.05) is 20.1 Å². The van der Waals surface area contributed by atoms with Gasteiger partial charge in [-0.05, 0) is 37.0 Å². The lowest BCUT2D eigenvalue weighted by Gasteiger charge is -2.24. The second-order valence-electron chi connectivity index (χ2n) is 8.00. The number of aryl methyl sites for hydroxylation is 2. The number of nitrogens with one attached hydrogen (secondary N) is 2. The van der Waals surface area contributed by atoms with Crippen molar-refractivity contribution in [2.24, 2.45) is 0 Å². The van der Waals surface area contributed by atoms with Crippen LogP contribution in [0.25, 0.3) is 0 Å². The molecule has 1 unspecified atom stereocenters. The van der Waals surface area contributed by atoms with E-state index >= 15 is 0 Å². The minimum absolute atomic E-state index is 0.0890. The predicted molar refractivity (Wildman–Crippen MR) is 109 cm³/mol. The van der Waals surface area contributed by atoms with Crippen LogP contribution in [-0.4, -0.2) is 62.7 Å². The van der Waals surface area contributed by atoms with Crippen molar-refractivity contribution < 1.29 is 9.59 Å². The lowest BCUT2D eigenvalue weighted by atomic mass is 10.00. The number of hydrazine groups is 1. The topological polar surface area (TPSA) is 95.4 Å². The first-order valence-electron chi connectivity index (χ1n) is 10.3. The van der Waals surface area contributed by atoms with Gasteiger partial charge in [0.1, 0.15) is 17.7 Å². The van der Waals surface area contributed by atoms with Gasteiger partial charge in [0.05, 0.1) is 6.04 Å². The van der Waals surface area contributed by atoms with Gasteiger partial charge in [-0.1, -0.05) is 24.3 Å². The summed E-state index contributed by atoms with van der Waals surface area (Å²) in [7, 11) is 1.73. The second-order valence-corrected chi connectivity index (χ2v) is 8.00. The van der Waals surface area contributed by atoms with E-state index in [1.165, 1.54) is 11.1 Å². The molecule has 0 bridgehead atoms. The number of fused-ring (bicyclic) bond motifs is 2. The van der Waals surface area contributed by atoms with Crippen molar-refractivity contribution in [3.63, 3.8) is 0 Å². The van der Waals surface area contributed by atoms with Crippen LogP contribution >= 0.6 is 0 Å². The van der Waals surface area contributed by atoms with E-state index in [1.807, 2.05) is 27.9 Å². The molecule has 9 heteroatoms. The third-order valence-corrected chi connectivity index (χ3v) is 6.15. The number of hydrogen-bond acceptors (Lipinski definition) is 6. The number of carbonyl (C=O) groups excluding carboxylic acids is 2. The predicted octanol–water partition coefficient (Wildman–Crippen LogP) is 0.744. The number of rotatable bonds is 3. The van der Waals surface area contributed by atoms with E-state index in [9.17, 15) is 9.59 Å². The van der Waals surface area contributed by atoms with Crippen LogP contribution in [0, 0.1) is 6.92 Å². The van der Waals surface area contributed by atoms with Crippen molar-refractivity contribution in [3.8, 4) is 0 Å². The third kappa shape index (κ3) is 3.06. The maximum Gasteiger partial charge on any atom is 0.291 e. The second kappa shape index (κ2) is 7.24. The van der Waals surface area contributed by atoms with E-state index in [4.69, 9.17) is 0 Å². The van der Waals surface area contributed by atoms with Gasteiger partial charge < -0.3 is 5.32 Å². The van der Waals surface area contributed by atoms with Gasteiger partial charge in [0.15, 0.2) is 0 Å². The Kier molecular flexibility index (Phi) is 4.54. The van der Waals surface area contributed by atoms with Crippen LogP contribution in [0.1, 0.15) is 46.5 Å². The fourth-order valence-electron chi connectivity index (χ4n) is 4.54. The van der Waals surface area contributed by atoms with Gasteiger partial charge in [-0.2, -0.15) is 0 Å². The van der Waals surface area contributed by atoms with E-state index in [0.29, 0.717) is 19.5 Å². The van der Waals surface area contributed by atoms with Gasteiger partial charge in [-0.3, -0.25) is 19.5 Å². The molecule has 1 aromatic carbocycles. The van der Waals surface area contributed by atoms with Crippen LogP contribution in [0.4, 0.5) is 0 Å². The zero-order valence-electron chi connectivity index (χ0n) is 17.1. The Morgan fingerprint density at radius 2 is 2.10 bits per heavy atom. The summed E-state index contributed by atoms with van der Waals surface area (Å²) in [6, 6.07) is 7.71. The SMILES string of the molecule is Cc1ccccc1C1CCc2nc(C(=O)N[C@H]3CCN4NCC=C4N(C)C3=O)nn21. The lowest BCUT2D eigenvalue weighted by molar-refractivity contribution is -0.130. The summed E-state index contributed by atoms with van der Waals surface area (Å²) in [6.07, 6.45) is 4.18. The van der Waals surface area contributed by atoms with Crippen molar-refractivity contribution in [3.05, 3.63) is 58.9 Å². The molecular weight excluding hydrogens is 382 g/mol. The van der Waals surface area contributed by atoms with Gasteiger partial charge in [0.2, 0.25) is 5.82 Å². The van der Waals surface area contributed by atoms with E-state index in [1.54, 1.807) is 11.9 Å². The molecule has 0 saturated carbocycles. The van der Waals surface area contributed by atoms with Crippen molar-refractivity contribution >= 4 is 11.8 Å². The van der Waals surface area contributed by atoms with Crippen LogP contribution in [0.3, 0.4) is 0 Å². The molecule has 1 aromatic heterocycles. The summed E-state index contributed by atoms with van der Waals surface area (Å²) in [5, 5.41) is 9.31. The van der Waals surface area contributed by atoms with E-state index in [0.717, 1.165) is 24.5 Å². The van der Waals surface area contributed by atoms with Gasteiger partial charge in [0.25, 0.3) is 11.8 Å². The zero-order valence-corrected chi connectivity index (χ0v) is 17.1. The first-order chi connectivity index (χ1) is 14.5. The molecule has 1 saturated heterocycles. The molecule has 30 heavy (non-hydrogen) atoms. The molecule has 156 valence electrons. The van der Waals surface area contributed by atoms with Gasteiger partial charge in [-0.25, -0.2) is 15.1 Å². The molecule has 2 aromatic rings. The molecule has 4 heterocycles. The summed E-state index contributed by atoms with van der Waals surface area (Å²) in [4.78, 5) is 31.8. The Balaban J connectivity index is 1.34. The number of nitrogens with zero attached hydrogens (tertiary/aromatic N) is 5. The summed E-state index contributed by atoms with van der Waals surface area (Å²) < 4.78 is 1.86. The highest BCUT2D eigenvalue weighted by Crippen LogP contribution is 2.32. The molecule has 0 radical (unpaired) electrons. The fourth-order valence-corrected chi connectivity index (χ4v) is 4.54. The molecule has 1 fully saturated rings. The largest absolute Gasteiger partial charge is 0.337 e. The standard InChI is InChI=1S/C21H25N7O2/c1-13-5-3-4-6-14(13)16-7-8-17-24-19(25-28(16)17)20(29)23-15-10-12-27-18(9-11-22-27)26(2)21(15)30/h3-6,9,15-16,22H,7-8,10-12H2,1-2H3,(H,23,29)/t15-,16?/m0/s1. The number of benzene rings is 1. The van der Waals surface area contributed by atoms with E-state index in [2.05, 4.69) is 39.9 Å². The summed E-state index contributed by atoms with van der Waals surface area (Å²) in [6.45, 7) is 3.42. The number of amides is 2. The molecule has 0 spiro atoms. The summed E-state index contributed by atoms with van der Waals surface area (Å²) in [5.41, 5.74) is 5.62. The van der Waals surface area contributed by atoms with Crippen LogP contribution in [0.5, 0.6) is 0 Å². The Morgan fingerprint density at radius 1 is 1.27 bits per heavy atom. The van der Waals surface area contributed by atoms with Crippen LogP contribution in [0.2, 0.25) is 0 Å². The first-order valence-corrected chi connectivity index (χ1v) is 10.3. The summed E-state index contributed by atoms with van der Waals surface area (Å²) >= 11 is 0. The van der Waals surface area contributed by atoms with Gasteiger partial charge in [0, 0.05) is 26.6 Å². The molecule has 5 rings (SSSR count). The number of hydrogen-bond donors (Lipinski definition) is 2. The van der Waals surface area contributed by atoms with Crippen molar-refractivity contribution in [1.82, 2.24) is 35.4 Å². The minimum Gasteiger partial charge on any atom is -0.337 e. The van der Waals surface area contributed by atoms with Crippen molar-refractivity contribution in [1.29, 1.82) is 0 Å². The first kappa shape index (κ1) is 18.8. The van der Waals surface area contributed by atoms with E-state index < -0.39 is 11.9 Å². The Morgan fingerprint density at radius 3 is 2.93 bits per heavy atom. The highest BCUT2D eigenvalue weighted by Gasteiger charge is 2.35. The maximum absolute atomic E-state index is 12.9. The molecule has 0 aliphatic carbocycles. The third-order valence-electron chi connectivity index (χ3n) is 6.15. The smallest absolute Gasteiger partial charge is 0.291 e. The average molecular weight is 407 g/mol. The molecule has 3 aliphatic rings. The molecule has 2 atom stereocenters. The lowest BCUT2D eigenvalue weighted by Crippen LogP contribution is -2.46. The van der Waals surface area contributed by atoms with Gasteiger partial charge >= 0.3 is 0 Å². The minimum atomic E-state index is -0.610. The monoisotopic (exact) mass is 407 g/mol. The van der Waals surface area contributed by atoms with Crippen LogP contribution in [0.15, 0.2) is 36.2 Å². The van der Waals surface area contributed by atoms with Crippen molar-refractivity contribution in [2.45, 2.75) is 38.3 Å². The Hall–Kier alpha value is -3.20. The quantitative estimate of drug-likeness (QED) is 0.780. The highest BCUT2D eigenvalue weighted by molar-refractivity contribution is 5.95. The van der Waals surface area contributed by atoms with Crippen LogP contribution in [-0.2, 0) is 11.2 Å².